The average Bonchev–Trinajstić information content (AvgIpc) is 2.48. The molecule has 0 saturated heterocycles. The van der Waals surface area contributed by atoms with Crippen molar-refractivity contribution in [3.8, 4) is 6.07 Å². The number of nitriles is 1. The molecule has 0 aliphatic heterocycles. The third kappa shape index (κ3) is 2.67. The quantitative estimate of drug-likeness (QED) is 0.769. The van der Waals surface area contributed by atoms with Gasteiger partial charge in [-0.15, -0.1) is 0 Å². The second-order valence-electron chi connectivity index (χ2n) is 4.25. The van der Waals surface area contributed by atoms with E-state index in [1.165, 1.54) is 15.8 Å². The van der Waals surface area contributed by atoms with Crippen molar-refractivity contribution in [3.63, 3.8) is 0 Å². The number of hydrogen-bond donors (Lipinski definition) is 0. The minimum Gasteiger partial charge on any atom is -0.328 e. The van der Waals surface area contributed by atoms with Gasteiger partial charge in [0.15, 0.2) is 0 Å². The van der Waals surface area contributed by atoms with Crippen LogP contribution < -0.4 is 5.43 Å². The maximum atomic E-state index is 12.1. The first kappa shape index (κ1) is 13.7. The number of amides is 1. The van der Waals surface area contributed by atoms with E-state index in [1.54, 1.807) is 24.3 Å². The predicted molar refractivity (Wildman–Crippen MR) is 73.9 cm³/mol. The summed E-state index contributed by atoms with van der Waals surface area (Å²) in [6, 6.07) is 8.96. The van der Waals surface area contributed by atoms with E-state index in [1.807, 2.05) is 13.0 Å². The molecule has 102 valence electrons. The smallest absolute Gasteiger partial charge is 0.245 e. The number of fused-ring (bicyclic) bond motifs is 1. The molecule has 20 heavy (non-hydrogen) atoms. The Labute approximate surface area is 115 Å². The zero-order valence-electron chi connectivity index (χ0n) is 11.1. The van der Waals surface area contributed by atoms with Crippen LogP contribution in [-0.2, 0) is 11.3 Å². The van der Waals surface area contributed by atoms with E-state index in [0.717, 1.165) is 0 Å². The van der Waals surface area contributed by atoms with Crippen molar-refractivity contribution in [2.75, 3.05) is 13.1 Å². The Morgan fingerprint density at radius 1 is 1.45 bits per heavy atom. The fraction of sp³-hybridized carbons (Fsp3) is 0.286. The molecule has 6 heteroatoms. The van der Waals surface area contributed by atoms with Gasteiger partial charge >= 0.3 is 0 Å². The van der Waals surface area contributed by atoms with E-state index in [9.17, 15) is 9.59 Å². The van der Waals surface area contributed by atoms with E-state index in [4.69, 9.17) is 5.26 Å². The number of carbonyl (C=O) groups is 1. The molecular formula is C14H14N4O2. The van der Waals surface area contributed by atoms with Crippen LogP contribution in [0.15, 0.2) is 35.3 Å². The summed E-state index contributed by atoms with van der Waals surface area (Å²) >= 11 is 0. The molecule has 0 spiro atoms. The molecule has 1 heterocycles. The summed E-state index contributed by atoms with van der Waals surface area (Å²) < 4.78 is 1.49. The molecule has 0 fully saturated rings. The third-order valence-electron chi connectivity index (χ3n) is 3.04. The van der Waals surface area contributed by atoms with Gasteiger partial charge in [-0.3, -0.25) is 14.3 Å². The zero-order chi connectivity index (χ0) is 14.5. The van der Waals surface area contributed by atoms with Crippen LogP contribution in [0.5, 0.6) is 0 Å². The average molecular weight is 270 g/mol. The molecule has 1 aromatic heterocycles. The van der Waals surface area contributed by atoms with Gasteiger partial charge in [0.1, 0.15) is 13.1 Å². The van der Waals surface area contributed by atoms with Crippen molar-refractivity contribution in [1.29, 1.82) is 5.26 Å². The predicted octanol–water partition coefficient (Wildman–Crippen LogP) is 0.769. The molecule has 0 N–H and O–H groups in total. The number of carbonyl (C=O) groups excluding carboxylic acids is 1. The molecule has 1 aromatic carbocycles. The lowest BCUT2D eigenvalue weighted by Crippen LogP contribution is -2.34. The maximum absolute atomic E-state index is 12.1. The second-order valence-corrected chi connectivity index (χ2v) is 4.25. The van der Waals surface area contributed by atoms with Crippen LogP contribution >= 0.6 is 0 Å². The zero-order valence-corrected chi connectivity index (χ0v) is 11.1. The van der Waals surface area contributed by atoms with Gasteiger partial charge in [0.2, 0.25) is 11.3 Å². The van der Waals surface area contributed by atoms with Gasteiger partial charge in [-0.2, -0.15) is 10.4 Å². The number of likely N-dealkylation sites (N-methyl/N-ethyl adjacent to an activating group) is 1. The molecule has 0 bridgehead atoms. The Bertz CT molecular complexity index is 730. The van der Waals surface area contributed by atoms with Crippen molar-refractivity contribution >= 4 is 16.8 Å². The van der Waals surface area contributed by atoms with Crippen LogP contribution in [0.1, 0.15) is 6.92 Å². The van der Waals surface area contributed by atoms with E-state index in [0.29, 0.717) is 17.4 Å². The monoisotopic (exact) mass is 270 g/mol. The molecule has 2 rings (SSSR count). The number of benzene rings is 1. The van der Waals surface area contributed by atoms with Crippen LogP contribution in [0.3, 0.4) is 0 Å². The highest BCUT2D eigenvalue weighted by atomic mass is 16.2. The van der Waals surface area contributed by atoms with E-state index >= 15 is 0 Å². The largest absolute Gasteiger partial charge is 0.328 e. The number of para-hydroxylation sites is 1. The van der Waals surface area contributed by atoms with E-state index in [-0.39, 0.29) is 24.4 Å². The summed E-state index contributed by atoms with van der Waals surface area (Å²) in [6.45, 7) is 2.33. The molecule has 0 radical (unpaired) electrons. The van der Waals surface area contributed by atoms with Crippen LogP contribution in [0.2, 0.25) is 0 Å². The fourth-order valence-corrected chi connectivity index (χ4v) is 1.98. The minimum absolute atomic E-state index is 0.0102. The second kappa shape index (κ2) is 5.97. The number of rotatable bonds is 4. The summed E-state index contributed by atoms with van der Waals surface area (Å²) in [6.07, 6.45) is 1.20. The maximum Gasteiger partial charge on any atom is 0.245 e. The SMILES string of the molecule is CCN(CC#N)C(=O)Cn1ncc(=O)c2ccccc21. The summed E-state index contributed by atoms with van der Waals surface area (Å²) in [5, 5.41) is 13.2. The molecule has 0 aliphatic rings. The molecule has 6 nitrogen and oxygen atoms in total. The van der Waals surface area contributed by atoms with E-state index in [2.05, 4.69) is 5.10 Å². The molecule has 0 atom stereocenters. The molecule has 0 aliphatic carbocycles. The summed E-state index contributed by atoms with van der Waals surface area (Å²) in [5.41, 5.74) is 0.440. The molecule has 0 unspecified atom stereocenters. The fourth-order valence-electron chi connectivity index (χ4n) is 1.98. The van der Waals surface area contributed by atoms with Gasteiger partial charge in [-0.25, -0.2) is 0 Å². The van der Waals surface area contributed by atoms with Crippen LogP contribution in [-0.4, -0.2) is 33.7 Å². The normalized spacial score (nSPS) is 10.2. The molecule has 0 saturated carbocycles. The van der Waals surface area contributed by atoms with Crippen molar-refractivity contribution in [1.82, 2.24) is 14.7 Å². The Balaban J connectivity index is 2.35. The van der Waals surface area contributed by atoms with E-state index < -0.39 is 0 Å². The van der Waals surface area contributed by atoms with Crippen LogP contribution in [0.25, 0.3) is 10.9 Å². The lowest BCUT2D eigenvalue weighted by atomic mass is 10.2. The summed E-state index contributed by atoms with van der Waals surface area (Å²) in [4.78, 5) is 25.2. The molecule has 1 amide bonds. The lowest BCUT2D eigenvalue weighted by molar-refractivity contribution is -0.131. The highest BCUT2D eigenvalue weighted by molar-refractivity contribution is 5.81. The Morgan fingerprint density at radius 2 is 2.20 bits per heavy atom. The summed E-state index contributed by atoms with van der Waals surface area (Å²) in [5.74, 6) is -0.199. The van der Waals surface area contributed by atoms with Crippen molar-refractivity contribution in [2.24, 2.45) is 0 Å². The lowest BCUT2D eigenvalue weighted by Gasteiger charge is -2.18. The third-order valence-corrected chi connectivity index (χ3v) is 3.04. The standard InChI is InChI=1S/C14H14N4O2/c1-2-17(8-7-15)14(20)10-18-12-6-4-3-5-11(12)13(19)9-16-18/h3-6,9H,2,8,10H2,1H3. The topological polar surface area (TPSA) is 79.0 Å². The first-order valence-corrected chi connectivity index (χ1v) is 6.27. The Kier molecular flexibility index (Phi) is 4.11. The van der Waals surface area contributed by atoms with Gasteiger partial charge in [0.25, 0.3) is 0 Å². The first-order valence-electron chi connectivity index (χ1n) is 6.27. The highest BCUT2D eigenvalue weighted by Gasteiger charge is 2.13. The first-order chi connectivity index (χ1) is 9.67. The molecule has 2 aromatic rings. The molecular weight excluding hydrogens is 256 g/mol. The minimum atomic E-state index is -0.199. The van der Waals surface area contributed by atoms with Crippen LogP contribution in [0.4, 0.5) is 0 Å². The van der Waals surface area contributed by atoms with Gasteiger partial charge in [0.05, 0.1) is 17.8 Å². The van der Waals surface area contributed by atoms with Gasteiger partial charge in [0, 0.05) is 11.9 Å². The van der Waals surface area contributed by atoms with Crippen LogP contribution in [0, 0.1) is 11.3 Å². The van der Waals surface area contributed by atoms with Gasteiger partial charge in [-0.1, -0.05) is 12.1 Å². The van der Waals surface area contributed by atoms with Crippen molar-refractivity contribution in [2.45, 2.75) is 13.5 Å². The Hall–Kier alpha value is -2.68. The Morgan fingerprint density at radius 3 is 2.90 bits per heavy atom. The van der Waals surface area contributed by atoms with Gasteiger partial charge in [-0.05, 0) is 19.1 Å². The number of aromatic nitrogens is 2. The highest BCUT2D eigenvalue weighted by Crippen LogP contribution is 2.08. The van der Waals surface area contributed by atoms with Crippen molar-refractivity contribution in [3.05, 3.63) is 40.7 Å². The number of nitrogens with zero attached hydrogens (tertiary/aromatic N) is 4. The van der Waals surface area contributed by atoms with Crippen molar-refractivity contribution < 1.29 is 4.79 Å². The number of hydrogen-bond acceptors (Lipinski definition) is 4. The summed E-state index contributed by atoms with van der Waals surface area (Å²) in [7, 11) is 0. The van der Waals surface area contributed by atoms with Gasteiger partial charge < -0.3 is 4.90 Å².